The Morgan fingerprint density at radius 1 is 0.424 bits per heavy atom. The van der Waals surface area contributed by atoms with E-state index < -0.39 is 35.8 Å². The maximum absolute atomic E-state index is 8.93. The predicted molar refractivity (Wildman–Crippen MR) is 88.1 cm³/mol. The van der Waals surface area contributed by atoms with E-state index in [4.69, 9.17) is 59.4 Å². The van der Waals surface area contributed by atoms with E-state index in [1.807, 2.05) is 0 Å². The Morgan fingerprint density at radius 3 is 0.545 bits per heavy atom. The molecular formula is C14H32CoN4O14. The Morgan fingerprint density at radius 2 is 0.515 bits per heavy atom. The summed E-state index contributed by atoms with van der Waals surface area (Å²) in [4.78, 5) is 53.6. The van der Waals surface area contributed by atoms with Gasteiger partial charge in [-0.05, 0) is 0 Å². The van der Waals surface area contributed by atoms with Crippen LogP contribution in [0.5, 0.6) is 0 Å². The first-order valence-electron chi connectivity index (χ1n) is 8.14. The van der Waals surface area contributed by atoms with E-state index in [9.17, 15) is 0 Å². The Bertz CT molecular complexity index is 399. The van der Waals surface area contributed by atoms with Gasteiger partial charge >= 0.3 is 16.8 Å². The van der Waals surface area contributed by atoms with Crippen LogP contribution in [0.25, 0.3) is 0 Å². The monoisotopic (exact) mass is 539 g/mol. The van der Waals surface area contributed by atoms with Gasteiger partial charge in [-0.2, -0.15) is 0 Å². The summed E-state index contributed by atoms with van der Waals surface area (Å²) in [6.45, 7) is 4.93. The van der Waals surface area contributed by atoms with Crippen molar-refractivity contribution < 1.29 is 108 Å². The molecule has 0 saturated carbocycles. The molecule has 201 valence electrons. The molecule has 0 aliphatic rings. The Labute approximate surface area is 199 Å². The van der Waals surface area contributed by atoms with Gasteiger partial charge in [0.15, 0.2) is 0 Å². The Kier molecular flexibility index (Phi) is 68.1. The third kappa shape index (κ3) is 93.8. The molecule has 12 N–H and O–H groups in total. The van der Waals surface area contributed by atoms with Gasteiger partial charge in [0, 0.05) is 0 Å². The molecule has 0 amide bonds. The molecule has 0 rings (SSSR count). The largest absolute Gasteiger partial charge is 2.00 e. The van der Waals surface area contributed by atoms with Crippen LogP contribution in [0.4, 0.5) is 0 Å². The van der Waals surface area contributed by atoms with Crippen LogP contribution in [0.2, 0.25) is 0 Å². The number of hydrogen-bond acceptors (Lipinski definition) is 12. The van der Waals surface area contributed by atoms with Crippen LogP contribution < -0.4 is 51.9 Å². The summed E-state index contributed by atoms with van der Waals surface area (Å²) in [5.41, 5.74) is 0. The maximum atomic E-state index is 8.93. The minimum Gasteiger partial charge on any atom is -0.543 e. The average Bonchev–Trinajstić information content (AvgIpc) is 2.66. The molecule has 0 aliphatic carbocycles. The van der Waals surface area contributed by atoms with Gasteiger partial charge in [0.05, 0.1) is 64.0 Å². The number of likely N-dealkylation sites (N-methyl/N-ethyl adjacent to an activating group) is 4. The third-order valence-electron chi connectivity index (χ3n) is 1.99. The Balaban J connectivity index is -0.0000000386. The fraction of sp³-hybridized carbons (Fsp3) is 0.571. The molecule has 19 heteroatoms. The number of aliphatic carboxylic acids is 6. The van der Waals surface area contributed by atoms with Crippen molar-refractivity contribution in [1.29, 1.82) is 0 Å². The zero-order valence-electron chi connectivity index (χ0n) is 18.4. The fourth-order valence-electron chi connectivity index (χ4n) is 0.667. The number of carbonyl (C=O) groups is 6. The molecule has 0 aromatic rings. The summed E-state index contributed by atoms with van der Waals surface area (Å²) in [7, 11) is 8.35. The van der Waals surface area contributed by atoms with Gasteiger partial charge in [0.25, 0.3) is 0 Å². The van der Waals surface area contributed by atoms with Crippen LogP contribution in [0, 0.1) is 0 Å². The molecule has 0 aromatic heterocycles. The van der Waals surface area contributed by atoms with Crippen molar-refractivity contribution >= 4 is 35.8 Å². The number of carboxylic acid groups (broad SMARTS) is 6. The van der Waals surface area contributed by atoms with Gasteiger partial charge in [0.1, 0.15) is 26.2 Å². The number of rotatable bonds is 6. The van der Waals surface area contributed by atoms with E-state index in [0.717, 1.165) is 0 Å². The van der Waals surface area contributed by atoms with E-state index in [1.54, 1.807) is 0 Å². The summed E-state index contributed by atoms with van der Waals surface area (Å²) < 4.78 is 0. The van der Waals surface area contributed by atoms with Crippen LogP contribution in [0.15, 0.2) is 0 Å². The molecule has 1 radical (unpaired) electrons. The molecule has 0 heterocycles. The van der Waals surface area contributed by atoms with Crippen LogP contribution in [0.3, 0.4) is 0 Å². The van der Waals surface area contributed by atoms with Crippen LogP contribution in [0.1, 0.15) is 0 Å². The first-order valence-corrected chi connectivity index (χ1v) is 8.14. The molecule has 18 nitrogen and oxygen atoms in total. The van der Waals surface area contributed by atoms with E-state index in [-0.39, 0.29) is 27.7 Å². The number of hydrogen-bond donors (Lipinski definition) is 4. The zero-order chi connectivity index (χ0) is 25.1. The third-order valence-corrected chi connectivity index (χ3v) is 1.99. The van der Waals surface area contributed by atoms with Crippen molar-refractivity contribution in [1.82, 2.24) is 0 Å². The summed E-state index contributed by atoms with van der Waals surface area (Å²) >= 11 is 0. The van der Waals surface area contributed by atoms with Gasteiger partial charge in [-0.1, -0.05) is 0 Å². The fourth-order valence-corrected chi connectivity index (χ4v) is 0.667. The van der Waals surface area contributed by atoms with Crippen molar-refractivity contribution in [3.05, 3.63) is 0 Å². The average molecular weight is 539 g/mol. The molecule has 0 atom stereocenters. The van der Waals surface area contributed by atoms with Crippen LogP contribution >= 0.6 is 0 Å². The Hall–Kier alpha value is -2.91. The summed E-state index contributed by atoms with van der Waals surface area (Å²) in [6.07, 6.45) is 0. The van der Waals surface area contributed by atoms with E-state index in [2.05, 4.69) is 49.5 Å². The SMILES string of the molecule is C[NH2+]CC[NH2+]C.C[NH2+]CC[NH2+]C.O.O.O=C([O-])C(=O)[O-].O=C([O-])C(=O)[O-].O=C([O-])C(=O)[O-].[Co+2]. The molecule has 0 saturated heterocycles. The van der Waals surface area contributed by atoms with E-state index in [0.29, 0.717) is 0 Å². The van der Waals surface area contributed by atoms with Crippen molar-refractivity contribution in [2.24, 2.45) is 0 Å². The number of carbonyl (C=O) groups excluding carboxylic acids is 6. The van der Waals surface area contributed by atoms with Crippen molar-refractivity contribution in [3.8, 4) is 0 Å². The molecule has 0 aromatic carbocycles. The van der Waals surface area contributed by atoms with Gasteiger partial charge in [0.2, 0.25) is 0 Å². The molecule has 0 bridgehead atoms. The zero-order valence-corrected chi connectivity index (χ0v) is 19.4. The van der Waals surface area contributed by atoms with Crippen LogP contribution in [-0.2, 0) is 45.5 Å². The molecule has 33 heavy (non-hydrogen) atoms. The number of quaternary nitrogens is 4. The van der Waals surface area contributed by atoms with Crippen molar-refractivity contribution in [3.63, 3.8) is 0 Å². The first-order chi connectivity index (χ1) is 13.8. The molecule has 0 aliphatic heterocycles. The number of carboxylic acids is 6. The van der Waals surface area contributed by atoms with Crippen molar-refractivity contribution in [2.75, 3.05) is 54.4 Å². The predicted octanol–water partition coefficient (Wildman–Crippen LogP) is -17.4. The standard InChI is InChI=1S/2C4H12N2.3C2H2O4.Co.2H2O/c2*1-5-3-4-6-2;3*3-1(4)2(5)6;;;/h2*5-6H,3-4H2,1-2H3;3*(H,3,4)(H,5,6);;2*1H2/q;;;;;+2;;/p-2. The summed E-state index contributed by atoms with van der Waals surface area (Å²) in [6, 6.07) is 0. The smallest absolute Gasteiger partial charge is 0.543 e. The normalized spacial score (nSPS) is 7.27. The first kappa shape index (κ1) is 52.2. The number of nitrogens with two attached hydrogens (primary N) is 4. The maximum Gasteiger partial charge on any atom is 2.00 e. The van der Waals surface area contributed by atoms with Crippen LogP contribution in [-0.4, -0.2) is 101 Å². The minimum atomic E-state index is -2.19. The summed E-state index contributed by atoms with van der Waals surface area (Å²) in [5.74, 6) is -13.1. The van der Waals surface area contributed by atoms with E-state index in [1.165, 1.54) is 26.2 Å². The second-order valence-electron chi connectivity index (χ2n) is 4.51. The minimum absolute atomic E-state index is 0. The van der Waals surface area contributed by atoms with Gasteiger partial charge < -0.3 is 91.6 Å². The van der Waals surface area contributed by atoms with Gasteiger partial charge in [-0.3, -0.25) is 0 Å². The topological polar surface area (TPSA) is 370 Å². The quantitative estimate of drug-likeness (QED) is 0.180. The van der Waals surface area contributed by atoms with Crippen molar-refractivity contribution in [2.45, 2.75) is 0 Å². The molecular weight excluding hydrogens is 507 g/mol. The molecule has 0 fully saturated rings. The second-order valence-corrected chi connectivity index (χ2v) is 4.51. The van der Waals surface area contributed by atoms with Gasteiger partial charge in [-0.25, -0.2) is 0 Å². The van der Waals surface area contributed by atoms with E-state index >= 15 is 0 Å². The summed E-state index contributed by atoms with van der Waals surface area (Å²) in [5, 5.41) is 62.3. The second kappa shape index (κ2) is 43.0. The van der Waals surface area contributed by atoms with Gasteiger partial charge in [-0.15, -0.1) is 0 Å². The molecule has 0 spiro atoms. The molecule has 0 unspecified atom stereocenters.